The standard InChI is InChI=1S/C28H34N2O4S2/c1-21(2)34-25-13-9-23(10-14-25)6-5-19-29-28(31)20-30(24-11-7-22(3)8-12-24)36(32,33)27-17-15-26(35-4)16-18-27/h7-18,21H,5-6,19-20H2,1-4H3,(H,29,31). The highest BCUT2D eigenvalue weighted by molar-refractivity contribution is 7.98. The summed E-state index contributed by atoms with van der Waals surface area (Å²) in [7, 11) is -3.92. The van der Waals surface area contributed by atoms with Crippen molar-refractivity contribution >= 4 is 33.4 Å². The molecule has 0 unspecified atom stereocenters. The molecule has 0 aliphatic carbocycles. The largest absolute Gasteiger partial charge is 0.491 e. The van der Waals surface area contributed by atoms with Gasteiger partial charge in [0.2, 0.25) is 5.91 Å². The zero-order valence-corrected chi connectivity index (χ0v) is 22.9. The third-order valence-electron chi connectivity index (χ3n) is 5.52. The Labute approximate surface area is 219 Å². The van der Waals surface area contributed by atoms with Crippen LogP contribution in [0, 0.1) is 6.92 Å². The number of thioether (sulfide) groups is 1. The number of aryl methyl sites for hydroxylation is 2. The van der Waals surface area contributed by atoms with E-state index in [1.54, 1.807) is 36.4 Å². The maximum Gasteiger partial charge on any atom is 0.264 e. The number of rotatable bonds is 12. The molecule has 1 amide bonds. The third kappa shape index (κ3) is 7.77. The van der Waals surface area contributed by atoms with Crippen LogP contribution in [0.5, 0.6) is 5.75 Å². The molecule has 3 rings (SSSR count). The number of hydrogen-bond donors (Lipinski definition) is 1. The molecule has 3 aromatic rings. The zero-order valence-electron chi connectivity index (χ0n) is 21.2. The first-order valence-electron chi connectivity index (χ1n) is 11.9. The van der Waals surface area contributed by atoms with Crippen molar-refractivity contribution in [2.45, 2.75) is 49.5 Å². The molecule has 8 heteroatoms. The molecule has 0 aromatic heterocycles. The molecular formula is C28H34N2O4S2. The van der Waals surface area contributed by atoms with E-state index in [4.69, 9.17) is 4.74 Å². The van der Waals surface area contributed by atoms with Gasteiger partial charge in [0.15, 0.2) is 0 Å². The summed E-state index contributed by atoms with van der Waals surface area (Å²) in [6.45, 7) is 6.07. The molecule has 0 spiro atoms. The molecule has 0 atom stereocenters. The smallest absolute Gasteiger partial charge is 0.264 e. The fourth-order valence-corrected chi connectivity index (χ4v) is 5.44. The number of ether oxygens (including phenoxy) is 1. The maximum atomic E-state index is 13.5. The van der Waals surface area contributed by atoms with Gasteiger partial charge in [0.25, 0.3) is 10.0 Å². The van der Waals surface area contributed by atoms with Crippen molar-refractivity contribution < 1.29 is 17.9 Å². The fourth-order valence-electron chi connectivity index (χ4n) is 3.61. The van der Waals surface area contributed by atoms with E-state index in [0.717, 1.165) is 34.6 Å². The number of carbonyl (C=O) groups excluding carboxylic acids is 1. The second-order valence-electron chi connectivity index (χ2n) is 8.79. The van der Waals surface area contributed by atoms with Crippen molar-refractivity contribution in [1.82, 2.24) is 5.32 Å². The van der Waals surface area contributed by atoms with Crippen LogP contribution in [0.1, 0.15) is 31.4 Å². The highest BCUT2D eigenvalue weighted by Gasteiger charge is 2.27. The van der Waals surface area contributed by atoms with Gasteiger partial charge in [-0.2, -0.15) is 0 Å². The van der Waals surface area contributed by atoms with Crippen LogP contribution in [-0.4, -0.2) is 39.8 Å². The van der Waals surface area contributed by atoms with Crippen LogP contribution in [0.25, 0.3) is 0 Å². The van der Waals surface area contributed by atoms with Crippen molar-refractivity contribution in [2.24, 2.45) is 0 Å². The van der Waals surface area contributed by atoms with E-state index in [-0.39, 0.29) is 23.5 Å². The SMILES string of the molecule is CSc1ccc(S(=O)(=O)N(CC(=O)NCCCc2ccc(OC(C)C)cc2)c2ccc(C)cc2)cc1. The molecular weight excluding hydrogens is 492 g/mol. The molecule has 1 N–H and O–H groups in total. The lowest BCUT2D eigenvalue weighted by molar-refractivity contribution is -0.119. The molecule has 0 fully saturated rings. The van der Waals surface area contributed by atoms with E-state index in [1.807, 2.05) is 63.4 Å². The number of nitrogens with zero attached hydrogens (tertiary/aromatic N) is 1. The average Bonchev–Trinajstić information content (AvgIpc) is 2.86. The number of sulfonamides is 1. The molecule has 0 aliphatic heterocycles. The van der Waals surface area contributed by atoms with E-state index < -0.39 is 10.0 Å². The molecule has 0 bridgehead atoms. The number of amides is 1. The fraction of sp³-hybridized carbons (Fsp3) is 0.321. The van der Waals surface area contributed by atoms with Crippen LogP contribution in [0.2, 0.25) is 0 Å². The van der Waals surface area contributed by atoms with Gasteiger partial charge in [-0.15, -0.1) is 11.8 Å². The summed E-state index contributed by atoms with van der Waals surface area (Å²) in [6, 6.07) is 21.8. The predicted molar refractivity (Wildman–Crippen MR) is 147 cm³/mol. The lowest BCUT2D eigenvalue weighted by atomic mass is 10.1. The van der Waals surface area contributed by atoms with Crippen LogP contribution >= 0.6 is 11.8 Å². The van der Waals surface area contributed by atoms with Gasteiger partial charge in [0.05, 0.1) is 16.7 Å². The maximum absolute atomic E-state index is 13.5. The van der Waals surface area contributed by atoms with Gasteiger partial charge >= 0.3 is 0 Å². The van der Waals surface area contributed by atoms with Crippen molar-refractivity contribution in [3.8, 4) is 5.75 Å². The summed E-state index contributed by atoms with van der Waals surface area (Å²) >= 11 is 1.54. The Morgan fingerprint density at radius 3 is 2.19 bits per heavy atom. The minimum Gasteiger partial charge on any atom is -0.491 e. The topological polar surface area (TPSA) is 75.7 Å². The van der Waals surface area contributed by atoms with E-state index in [2.05, 4.69) is 5.32 Å². The number of nitrogens with one attached hydrogen (secondary N) is 1. The lowest BCUT2D eigenvalue weighted by Gasteiger charge is -2.24. The Morgan fingerprint density at radius 1 is 0.972 bits per heavy atom. The van der Waals surface area contributed by atoms with E-state index >= 15 is 0 Å². The van der Waals surface area contributed by atoms with Crippen LogP contribution < -0.4 is 14.4 Å². The molecule has 0 aliphatic rings. The van der Waals surface area contributed by atoms with Gasteiger partial charge in [-0.1, -0.05) is 29.8 Å². The van der Waals surface area contributed by atoms with E-state index in [0.29, 0.717) is 12.2 Å². The molecule has 0 radical (unpaired) electrons. The first kappa shape index (κ1) is 27.6. The van der Waals surface area contributed by atoms with Crippen molar-refractivity contribution in [3.63, 3.8) is 0 Å². The normalized spacial score (nSPS) is 11.4. The summed E-state index contributed by atoms with van der Waals surface area (Å²) in [6.07, 6.45) is 3.60. The van der Waals surface area contributed by atoms with Crippen LogP contribution in [0.3, 0.4) is 0 Å². The minimum atomic E-state index is -3.92. The monoisotopic (exact) mass is 526 g/mol. The molecule has 192 valence electrons. The molecule has 3 aromatic carbocycles. The summed E-state index contributed by atoms with van der Waals surface area (Å²) in [4.78, 5) is 13.9. The van der Waals surface area contributed by atoms with Gasteiger partial charge in [-0.05, 0) is 94.0 Å². The Balaban J connectivity index is 1.64. The zero-order chi connectivity index (χ0) is 26.1. The molecule has 36 heavy (non-hydrogen) atoms. The van der Waals surface area contributed by atoms with Crippen molar-refractivity contribution in [2.75, 3.05) is 23.7 Å². The van der Waals surface area contributed by atoms with Crippen LogP contribution in [0.4, 0.5) is 5.69 Å². The number of hydrogen-bond acceptors (Lipinski definition) is 5. The number of benzene rings is 3. The van der Waals surface area contributed by atoms with Gasteiger partial charge in [-0.25, -0.2) is 8.42 Å². The van der Waals surface area contributed by atoms with Gasteiger partial charge < -0.3 is 10.1 Å². The summed E-state index contributed by atoms with van der Waals surface area (Å²) in [5, 5.41) is 2.87. The summed E-state index contributed by atoms with van der Waals surface area (Å²) in [5.74, 6) is 0.489. The Hall–Kier alpha value is -2.97. The molecule has 0 saturated carbocycles. The second-order valence-corrected chi connectivity index (χ2v) is 11.5. The van der Waals surface area contributed by atoms with Crippen molar-refractivity contribution in [3.05, 3.63) is 83.9 Å². The number of carbonyl (C=O) groups is 1. The van der Waals surface area contributed by atoms with Crippen LogP contribution in [0.15, 0.2) is 82.6 Å². The number of anilines is 1. The van der Waals surface area contributed by atoms with E-state index in [1.165, 1.54) is 16.1 Å². The molecule has 6 nitrogen and oxygen atoms in total. The van der Waals surface area contributed by atoms with Crippen LogP contribution in [-0.2, 0) is 21.2 Å². The highest BCUT2D eigenvalue weighted by Crippen LogP contribution is 2.25. The molecule has 0 saturated heterocycles. The third-order valence-corrected chi connectivity index (χ3v) is 8.05. The highest BCUT2D eigenvalue weighted by atomic mass is 32.2. The molecule has 0 heterocycles. The summed E-state index contributed by atoms with van der Waals surface area (Å²) in [5.41, 5.74) is 2.61. The second kappa shape index (κ2) is 12.8. The van der Waals surface area contributed by atoms with Crippen molar-refractivity contribution in [1.29, 1.82) is 0 Å². The van der Waals surface area contributed by atoms with Gasteiger partial charge in [0, 0.05) is 11.4 Å². The Bertz CT molecular complexity index is 1220. The minimum absolute atomic E-state index is 0.129. The predicted octanol–water partition coefficient (Wildman–Crippen LogP) is 5.45. The lowest BCUT2D eigenvalue weighted by Crippen LogP contribution is -2.41. The van der Waals surface area contributed by atoms with Gasteiger partial charge in [-0.3, -0.25) is 9.10 Å². The summed E-state index contributed by atoms with van der Waals surface area (Å²) < 4.78 is 33.8. The first-order valence-corrected chi connectivity index (χ1v) is 14.6. The average molecular weight is 527 g/mol. The Morgan fingerprint density at radius 2 is 1.61 bits per heavy atom. The quantitative estimate of drug-likeness (QED) is 0.251. The first-order chi connectivity index (χ1) is 17.2. The Kier molecular flexibility index (Phi) is 9.84. The van der Waals surface area contributed by atoms with E-state index in [9.17, 15) is 13.2 Å². The van der Waals surface area contributed by atoms with Gasteiger partial charge in [0.1, 0.15) is 12.3 Å².